The van der Waals surface area contributed by atoms with E-state index in [4.69, 9.17) is 5.26 Å². The Bertz CT molecular complexity index is 1130. The minimum Gasteiger partial charge on any atom is -0.274 e. The second-order valence-electron chi connectivity index (χ2n) is 7.98. The van der Waals surface area contributed by atoms with E-state index in [-0.39, 0.29) is 23.7 Å². The second kappa shape index (κ2) is 7.70. The minimum atomic E-state index is -0.472. The second-order valence-corrected chi connectivity index (χ2v) is 7.98. The van der Waals surface area contributed by atoms with Crippen LogP contribution in [0.3, 0.4) is 0 Å². The molecule has 4 heteroatoms. The van der Waals surface area contributed by atoms with Crippen LogP contribution in [0.25, 0.3) is 0 Å². The molecule has 0 N–H and O–H groups in total. The van der Waals surface area contributed by atoms with Gasteiger partial charge in [0.2, 0.25) is 11.8 Å². The predicted octanol–water partition coefficient (Wildman–Crippen LogP) is 4.80. The Labute approximate surface area is 181 Å². The van der Waals surface area contributed by atoms with Gasteiger partial charge in [-0.2, -0.15) is 5.26 Å². The first-order valence-electron chi connectivity index (χ1n) is 10.4. The van der Waals surface area contributed by atoms with Crippen LogP contribution in [0.5, 0.6) is 0 Å². The van der Waals surface area contributed by atoms with Crippen molar-refractivity contribution in [2.45, 2.75) is 11.8 Å². The molecule has 3 aromatic rings. The van der Waals surface area contributed by atoms with E-state index in [9.17, 15) is 9.59 Å². The van der Waals surface area contributed by atoms with Crippen LogP contribution >= 0.6 is 0 Å². The fraction of sp³-hybridized carbons (Fsp3) is 0.148. The fourth-order valence-electron chi connectivity index (χ4n) is 4.87. The first kappa shape index (κ1) is 19.0. The number of hydrogen-bond acceptors (Lipinski definition) is 3. The number of anilines is 1. The summed E-state index contributed by atoms with van der Waals surface area (Å²) in [5.74, 6) is -1.63. The van der Waals surface area contributed by atoms with Gasteiger partial charge in [-0.1, -0.05) is 72.8 Å². The van der Waals surface area contributed by atoms with E-state index in [1.807, 2.05) is 60.7 Å². The zero-order valence-electron chi connectivity index (χ0n) is 16.8. The number of fused-ring (bicyclic) bond motifs is 1. The van der Waals surface area contributed by atoms with Crippen molar-refractivity contribution in [2.75, 3.05) is 4.90 Å². The van der Waals surface area contributed by atoms with Crippen LogP contribution in [0.4, 0.5) is 5.69 Å². The van der Waals surface area contributed by atoms with Crippen LogP contribution in [0, 0.1) is 23.2 Å². The SMILES string of the molecule is N#Cc1ccc(N2C(=O)[C@@H]3[C@H](C2=O)[C@H](c2ccccc2)C=C[C@H]3c2ccccc2)cc1. The summed E-state index contributed by atoms with van der Waals surface area (Å²) in [7, 11) is 0. The van der Waals surface area contributed by atoms with Gasteiger partial charge in [0.25, 0.3) is 0 Å². The van der Waals surface area contributed by atoms with Gasteiger partial charge in [-0.25, -0.2) is 4.90 Å². The summed E-state index contributed by atoms with van der Waals surface area (Å²) in [6, 6.07) is 28.5. The van der Waals surface area contributed by atoms with Gasteiger partial charge in [-0.3, -0.25) is 9.59 Å². The molecule has 1 fully saturated rings. The van der Waals surface area contributed by atoms with Crippen LogP contribution in [0.1, 0.15) is 28.5 Å². The number of rotatable bonds is 3. The Morgan fingerprint density at radius 2 is 1.10 bits per heavy atom. The summed E-state index contributed by atoms with van der Waals surface area (Å²) in [6.07, 6.45) is 4.17. The van der Waals surface area contributed by atoms with Crippen LogP contribution in [0.15, 0.2) is 97.1 Å². The van der Waals surface area contributed by atoms with E-state index in [0.717, 1.165) is 11.1 Å². The summed E-state index contributed by atoms with van der Waals surface area (Å²) in [6.45, 7) is 0. The van der Waals surface area contributed by atoms with Crippen molar-refractivity contribution in [1.29, 1.82) is 5.26 Å². The zero-order valence-corrected chi connectivity index (χ0v) is 16.8. The van der Waals surface area contributed by atoms with Gasteiger partial charge >= 0.3 is 0 Å². The molecular weight excluding hydrogens is 384 g/mol. The molecule has 0 aromatic heterocycles. The summed E-state index contributed by atoms with van der Waals surface area (Å²) < 4.78 is 0. The minimum absolute atomic E-state index is 0.161. The zero-order chi connectivity index (χ0) is 21.4. The van der Waals surface area contributed by atoms with Crippen LogP contribution in [-0.4, -0.2) is 11.8 Å². The fourth-order valence-corrected chi connectivity index (χ4v) is 4.87. The van der Waals surface area contributed by atoms with Gasteiger partial charge in [0, 0.05) is 11.8 Å². The van der Waals surface area contributed by atoms with Crippen molar-refractivity contribution < 1.29 is 9.59 Å². The topological polar surface area (TPSA) is 61.2 Å². The number of imide groups is 1. The lowest BCUT2D eigenvalue weighted by Crippen LogP contribution is -2.31. The van der Waals surface area contributed by atoms with E-state index >= 15 is 0 Å². The number of allylic oxidation sites excluding steroid dienone is 2. The molecule has 4 nitrogen and oxygen atoms in total. The van der Waals surface area contributed by atoms with Crippen molar-refractivity contribution >= 4 is 17.5 Å². The Morgan fingerprint density at radius 3 is 1.52 bits per heavy atom. The monoisotopic (exact) mass is 404 g/mol. The summed E-state index contributed by atoms with van der Waals surface area (Å²) in [4.78, 5) is 28.7. The molecule has 1 saturated heterocycles. The quantitative estimate of drug-likeness (QED) is 0.465. The molecule has 1 heterocycles. The van der Waals surface area contributed by atoms with E-state index in [2.05, 4.69) is 18.2 Å². The van der Waals surface area contributed by atoms with Gasteiger partial charge < -0.3 is 0 Å². The maximum atomic E-state index is 13.7. The van der Waals surface area contributed by atoms with Gasteiger partial charge in [0.15, 0.2) is 0 Å². The third kappa shape index (κ3) is 3.15. The molecule has 2 aliphatic rings. The van der Waals surface area contributed by atoms with Crippen molar-refractivity contribution in [2.24, 2.45) is 11.8 Å². The van der Waals surface area contributed by atoms with Crippen LogP contribution in [-0.2, 0) is 9.59 Å². The van der Waals surface area contributed by atoms with Crippen molar-refractivity contribution in [1.82, 2.24) is 0 Å². The van der Waals surface area contributed by atoms with E-state index in [0.29, 0.717) is 11.3 Å². The normalized spacial score (nSPS) is 24.7. The lowest BCUT2D eigenvalue weighted by molar-refractivity contribution is -0.122. The molecule has 0 unspecified atom stereocenters. The summed E-state index contributed by atoms with van der Waals surface area (Å²) in [5.41, 5.74) is 3.07. The molecule has 5 rings (SSSR count). The summed E-state index contributed by atoms with van der Waals surface area (Å²) >= 11 is 0. The molecule has 3 aromatic carbocycles. The average Bonchev–Trinajstić information content (AvgIpc) is 3.10. The molecule has 4 atom stereocenters. The number of nitrogens with zero attached hydrogens (tertiary/aromatic N) is 2. The van der Waals surface area contributed by atoms with Gasteiger partial charge in [-0.05, 0) is 35.4 Å². The lowest BCUT2D eigenvalue weighted by atomic mass is 9.68. The molecule has 0 bridgehead atoms. The van der Waals surface area contributed by atoms with Gasteiger partial charge in [0.1, 0.15) is 0 Å². The van der Waals surface area contributed by atoms with Crippen molar-refractivity contribution in [3.8, 4) is 6.07 Å². The highest BCUT2D eigenvalue weighted by Crippen LogP contribution is 2.50. The molecular formula is C27H20N2O2. The summed E-state index contributed by atoms with van der Waals surface area (Å²) in [5, 5.41) is 9.08. The number of carbonyl (C=O) groups is 2. The first-order valence-corrected chi connectivity index (χ1v) is 10.4. The van der Waals surface area contributed by atoms with E-state index in [1.165, 1.54) is 4.90 Å². The molecule has 2 amide bonds. The van der Waals surface area contributed by atoms with E-state index < -0.39 is 11.8 Å². The number of carbonyl (C=O) groups excluding carboxylic acids is 2. The van der Waals surface area contributed by atoms with Gasteiger partial charge in [0.05, 0.1) is 29.2 Å². The Kier molecular flexibility index (Phi) is 4.72. The maximum Gasteiger partial charge on any atom is 0.238 e. The Balaban J connectivity index is 1.61. The standard InChI is InChI=1S/C27H20N2O2/c28-17-18-11-13-21(14-12-18)29-26(30)24-22(19-7-3-1-4-8-19)15-16-23(25(24)27(29)31)20-9-5-2-6-10-20/h1-16,22-25H/t22-,23-,24-,25+/m0/s1. The highest BCUT2D eigenvalue weighted by molar-refractivity contribution is 6.23. The molecule has 150 valence electrons. The van der Waals surface area contributed by atoms with Gasteiger partial charge in [-0.15, -0.1) is 0 Å². The lowest BCUT2D eigenvalue weighted by Gasteiger charge is -2.32. The molecule has 1 aliphatic carbocycles. The van der Waals surface area contributed by atoms with Crippen LogP contribution < -0.4 is 4.90 Å². The number of amides is 2. The predicted molar refractivity (Wildman–Crippen MR) is 118 cm³/mol. The van der Waals surface area contributed by atoms with Crippen LogP contribution in [0.2, 0.25) is 0 Å². The molecule has 31 heavy (non-hydrogen) atoms. The number of nitriles is 1. The smallest absolute Gasteiger partial charge is 0.238 e. The highest BCUT2D eigenvalue weighted by Gasteiger charge is 2.55. The Hall–Kier alpha value is -3.97. The molecule has 0 radical (unpaired) electrons. The Morgan fingerprint density at radius 1 is 0.645 bits per heavy atom. The molecule has 0 spiro atoms. The maximum absolute atomic E-state index is 13.7. The third-order valence-electron chi connectivity index (χ3n) is 6.32. The van der Waals surface area contributed by atoms with Crippen molar-refractivity contribution in [3.63, 3.8) is 0 Å². The van der Waals surface area contributed by atoms with E-state index in [1.54, 1.807) is 24.3 Å². The average molecular weight is 404 g/mol. The first-order chi connectivity index (χ1) is 15.2. The molecule has 1 aliphatic heterocycles. The number of hydrogen-bond donors (Lipinski definition) is 0. The number of benzene rings is 3. The van der Waals surface area contributed by atoms with Crippen molar-refractivity contribution in [3.05, 3.63) is 114 Å². The largest absolute Gasteiger partial charge is 0.274 e. The third-order valence-corrected chi connectivity index (χ3v) is 6.32. The molecule has 0 saturated carbocycles. The highest BCUT2D eigenvalue weighted by atomic mass is 16.2.